The number of fused-ring (bicyclic) bond motifs is 1. The molecule has 2 N–H and O–H groups in total. The molecule has 0 aliphatic carbocycles. The molecule has 0 atom stereocenters. The topological polar surface area (TPSA) is 75.5 Å². The molecule has 2 aromatic carbocycles. The summed E-state index contributed by atoms with van der Waals surface area (Å²) >= 11 is 16.0. The number of hydrogen-bond acceptors (Lipinski definition) is 3. The van der Waals surface area contributed by atoms with Gasteiger partial charge in [-0.15, -0.1) is 0 Å². The molecule has 4 aromatic rings. The minimum Gasteiger partial charge on any atom is -0.350 e. The quantitative estimate of drug-likeness (QED) is 0.283. The average molecular weight is 560 g/mol. The summed E-state index contributed by atoms with van der Waals surface area (Å²) in [6.07, 6.45) is 3.45. The molecule has 0 fully saturated rings. The number of carbonyl (C=O) groups is 2. The van der Waals surface area contributed by atoms with Crippen LogP contribution in [0.2, 0.25) is 10.0 Å². The Balaban J connectivity index is 1.84. The zero-order valence-electron chi connectivity index (χ0n) is 18.6. The van der Waals surface area contributed by atoms with Gasteiger partial charge in [-0.05, 0) is 68.8 Å². The normalized spacial score (nSPS) is 11.1. The van der Waals surface area contributed by atoms with Gasteiger partial charge < -0.3 is 15.0 Å². The molecule has 34 heavy (non-hydrogen) atoms. The molecule has 4 rings (SSSR count). The Kier molecular flexibility index (Phi) is 6.98. The van der Waals surface area contributed by atoms with Crippen LogP contribution in [0, 0.1) is 6.92 Å². The van der Waals surface area contributed by atoms with E-state index in [0.29, 0.717) is 32.6 Å². The standard InChI is InChI=1S/C25H21BrCl2N4O2/c1-13(2)30-24(33)19-10-15(26)9-14(3)21(19)31-25(34)22-23(18-7-6-16(27)11-20(18)28)32-8-4-5-17(32)12-29-22/h4-13H,1-3H3,(H,30,33)(H,31,34). The van der Waals surface area contributed by atoms with Crippen molar-refractivity contribution in [3.05, 3.63) is 86.2 Å². The number of amides is 2. The molecule has 0 aliphatic heterocycles. The van der Waals surface area contributed by atoms with Gasteiger partial charge in [-0.25, -0.2) is 4.98 Å². The molecule has 2 heterocycles. The second-order valence-electron chi connectivity index (χ2n) is 8.11. The van der Waals surface area contributed by atoms with Gasteiger partial charge >= 0.3 is 0 Å². The first-order chi connectivity index (χ1) is 16.2. The van der Waals surface area contributed by atoms with E-state index in [4.69, 9.17) is 23.2 Å². The summed E-state index contributed by atoms with van der Waals surface area (Å²) < 4.78 is 2.58. The lowest BCUT2D eigenvalue weighted by Crippen LogP contribution is -2.31. The van der Waals surface area contributed by atoms with Crippen molar-refractivity contribution in [2.45, 2.75) is 26.8 Å². The number of rotatable bonds is 5. The van der Waals surface area contributed by atoms with Gasteiger partial charge in [0.15, 0.2) is 5.69 Å². The molecule has 6 nitrogen and oxygen atoms in total. The molecule has 2 amide bonds. The van der Waals surface area contributed by atoms with Gasteiger partial charge in [0.2, 0.25) is 0 Å². The number of halogens is 3. The highest BCUT2D eigenvalue weighted by Crippen LogP contribution is 2.34. The molecule has 0 saturated carbocycles. The number of aryl methyl sites for hydroxylation is 1. The Morgan fingerprint density at radius 3 is 2.56 bits per heavy atom. The highest BCUT2D eigenvalue weighted by molar-refractivity contribution is 9.10. The molecule has 0 radical (unpaired) electrons. The Labute approximate surface area is 215 Å². The molecular weight excluding hydrogens is 539 g/mol. The van der Waals surface area contributed by atoms with E-state index < -0.39 is 5.91 Å². The van der Waals surface area contributed by atoms with Gasteiger partial charge in [-0.1, -0.05) is 39.1 Å². The van der Waals surface area contributed by atoms with E-state index >= 15 is 0 Å². The van der Waals surface area contributed by atoms with Crippen LogP contribution >= 0.6 is 39.1 Å². The van der Waals surface area contributed by atoms with Gasteiger partial charge in [0.05, 0.1) is 33.7 Å². The molecular formula is C25H21BrCl2N4O2. The number of hydrogen-bond donors (Lipinski definition) is 2. The minimum atomic E-state index is -0.472. The van der Waals surface area contributed by atoms with Crippen molar-refractivity contribution >= 4 is 62.2 Å². The number of carbonyl (C=O) groups excluding carboxylic acids is 2. The minimum absolute atomic E-state index is 0.0631. The predicted octanol–water partition coefficient (Wildman–Crippen LogP) is 6.77. The lowest BCUT2D eigenvalue weighted by molar-refractivity contribution is 0.0944. The summed E-state index contributed by atoms with van der Waals surface area (Å²) in [5, 5.41) is 6.66. The van der Waals surface area contributed by atoms with Crippen molar-refractivity contribution in [3.8, 4) is 11.3 Å². The Morgan fingerprint density at radius 2 is 1.85 bits per heavy atom. The van der Waals surface area contributed by atoms with Crippen molar-refractivity contribution in [2.75, 3.05) is 5.32 Å². The number of benzene rings is 2. The van der Waals surface area contributed by atoms with E-state index in [-0.39, 0.29) is 17.6 Å². The second kappa shape index (κ2) is 9.78. The molecule has 0 bridgehead atoms. The Bertz CT molecular complexity index is 1430. The maximum Gasteiger partial charge on any atom is 0.276 e. The third-order valence-electron chi connectivity index (χ3n) is 5.18. The first kappa shape index (κ1) is 24.3. The smallest absolute Gasteiger partial charge is 0.276 e. The zero-order chi connectivity index (χ0) is 24.6. The largest absolute Gasteiger partial charge is 0.350 e. The molecule has 0 aliphatic rings. The van der Waals surface area contributed by atoms with Crippen LogP contribution in [0.25, 0.3) is 16.8 Å². The first-order valence-corrected chi connectivity index (χ1v) is 12.0. The maximum atomic E-state index is 13.6. The fraction of sp³-hybridized carbons (Fsp3) is 0.160. The lowest BCUT2D eigenvalue weighted by Gasteiger charge is -2.18. The van der Waals surface area contributed by atoms with Crippen LogP contribution in [-0.4, -0.2) is 27.2 Å². The summed E-state index contributed by atoms with van der Waals surface area (Å²) in [6, 6.07) is 12.3. The van der Waals surface area contributed by atoms with Crippen LogP contribution in [0.1, 0.15) is 40.3 Å². The van der Waals surface area contributed by atoms with Crippen LogP contribution in [0.4, 0.5) is 5.69 Å². The van der Waals surface area contributed by atoms with Crippen LogP contribution < -0.4 is 10.6 Å². The second-order valence-corrected chi connectivity index (χ2v) is 9.87. The first-order valence-electron chi connectivity index (χ1n) is 10.5. The van der Waals surface area contributed by atoms with Crippen LogP contribution in [0.5, 0.6) is 0 Å². The summed E-state index contributed by atoms with van der Waals surface area (Å²) in [7, 11) is 0. The summed E-state index contributed by atoms with van der Waals surface area (Å²) in [4.78, 5) is 30.9. The summed E-state index contributed by atoms with van der Waals surface area (Å²) in [6.45, 7) is 5.57. The number of aromatic nitrogens is 2. The van der Waals surface area contributed by atoms with Gasteiger partial charge in [-0.2, -0.15) is 0 Å². The molecule has 174 valence electrons. The van der Waals surface area contributed by atoms with Gasteiger partial charge in [0.25, 0.3) is 11.8 Å². The molecule has 0 unspecified atom stereocenters. The average Bonchev–Trinajstić information content (AvgIpc) is 3.23. The molecule has 9 heteroatoms. The van der Waals surface area contributed by atoms with Crippen molar-refractivity contribution < 1.29 is 9.59 Å². The van der Waals surface area contributed by atoms with Crippen LogP contribution in [0.3, 0.4) is 0 Å². The number of anilines is 1. The number of nitrogens with zero attached hydrogens (tertiary/aromatic N) is 2. The van der Waals surface area contributed by atoms with Crippen molar-refractivity contribution in [1.82, 2.24) is 14.7 Å². The van der Waals surface area contributed by atoms with E-state index in [1.54, 1.807) is 30.5 Å². The Morgan fingerprint density at radius 1 is 1.09 bits per heavy atom. The van der Waals surface area contributed by atoms with Crippen molar-refractivity contribution in [2.24, 2.45) is 0 Å². The van der Waals surface area contributed by atoms with E-state index in [0.717, 1.165) is 15.6 Å². The van der Waals surface area contributed by atoms with E-state index in [1.165, 1.54) is 0 Å². The van der Waals surface area contributed by atoms with Crippen LogP contribution in [-0.2, 0) is 0 Å². The predicted molar refractivity (Wildman–Crippen MR) is 140 cm³/mol. The molecule has 0 saturated heterocycles. The monoisotopic (exact) mass is 558 g/mol. The fourth-order valence-corrected chi connectivity index (χ4v) is 4.78. The van der Waals surface area contributed by atoms with Gasteiger partial charge in [0, 0.05) is 27.3 Å². The van der Waals surface area contributed by atoms with Gasteiger partial charge in [0.1, 0.15) is 0 Å². The van der Waals surface area contributed by atoms with E-state index in [1.807, 2.05) is 49.6 Å². The van der Waals surface area contributed by atoms with E-state index in [9.17, 15) is 9.59 Å². The third kappa shape index (κ3) is 4.82. The SMILES string of the molecule is Cc1cc(Br)cc(C(=O)NC(C)C)c1NC(=O)c1ncc2cccn2c1-c1ccc(Cl)cc1Cl. The highest BCUT2D eigenvalue weighted by atomic mass is 79.9. The third-order valence-corrected chi connectivity index (χ3v) is 6.18. The summed E-state index contributed by atoms with van der Waals surface area (Å²) in [5.41, 5.74) is 3.57. The Hall–Kier alpha value is -2.87. The van der Waals surface area contributed by atoms with Crippen LogP contribution in [0.15, 0.2) is 59.3 Å². The van der Waals surface area contributed by atoms with E-state index in [2.05, 4.69) is 31.5 Å². The highest BCUT2D eigenvalue weighted by Gasteiger charge is 2.23. The zero-order valence-corrected chi connectivity index (χ0v) is 21.7. The van der Waals surface area contributed by atoms with Crippen molar-refractivity contribution in [1.29, 1.82) is 0 Å². The van der Waals surface area contributed by atoms with Crippen molar-refractivity contribution in [3.63, 3.8) is 0 Å². The molecule has 2 aromatic heterocycles. The molecule has 0 spiro atoms. The maximum absolute atomic E-state index is 13.6. The number of nitrogens with one attached hydrogen (secondary N) is 2. The van der Waals surface area contributed by atoms with Gasteiger partial charge in [-0.3, -0.25) is 9.59 Å². The summed E-state index contributed by atoms with van der Waals surface area (Å²) in [5.74, 6) is -0.759. The lowest BCUT2D eigenvalue weighted by atomic mass is 10.1. The fourth-order valence-electron chi connectivity index (χ4n) is 3.71.